The third-order valence-electron chi connectivity index (χ3n) is 7.47. The van der Waals surface area contributed by atoms with Crippen LogP contribution < -0.4 is 5.32 Å². The zero-order valence-corrected chi connectivity index (χ0v) is 20.5. The molecule has 1 saturated heterocycles. The van der Waals surface area contributed by atoms with Crippen LogP contribution in [0, 0.1) is 5.41 Å². The Morgan fingerprint density at radius 3 is 2.29 bits per heavy atom. The van der Waals surface area contributed by atoms with Crippen LogP contribution >= 0.6 is 0 Å². The summed E-state index contributed by atoms with van der Waals surface area (Å²) in [4.78, 5) is 39.0. The van der Waals surface area contributed by atoms with Gasteiger partial charge in [0, 0.05) is 31.5 Å². The molecule has 0 bridgehead atoms. The third kappa shape index (κ3) is 5.04. The normalized spacial score (nSPS) is 19.7. The van der Waals surface area contributed by atoms with Crippen molar-refractivity contribution in [3.63, 3.8) is 0 Å². The van der Waals surface area contributed by atoms with E-state index in [0.29, 0.717) is 25.8 Å². The molecule has 2 atom stereocenters. The van der Waals surface area contributed by atoms with E-state index in [9.17, 15) is 19.5 Å². The first kappa shape index (κ1) is 24.8. The van der Waals surface area contributed by atoms with Gasteiger partial charge in [0.15, 0.2) is 0 Å². The summed E-state index contributed by atoms with van der Waals surface area (Å²) in [5, 5.41) is 12.5. The number of fused-ring (bicyclic) bond motifs is 3. The predicted molar refractivity (Wildman–Crippen MR) is 133 cm³/mol. The maximum absolute atomic E-state index is 12.9. The molecule has 2 aliphatic rings. The van der Waals surface area contributed by atoms with Crippen molar-refractivity contribution in [2.24, 2.45) is 5.41 Å². The van der Waals surface area contributed by atoms with Crippen molar-refractivity contribution in [1.29, 1.82) is 0 Å². The first-order valence-electron chi connectivity index (χ1n) is 12.5. The number of rotatable bonds is 9. The number of carbonyl (C=O) groups is 3. The standard InChI is InChI=1S/C28H34N2O5/c1-3-13-28(26(32)33)14-15-30(18-28)25(31)16-19(4-2)29-27(34)35-17-24-22-11-7-5-9-20(22)21-10-6-8-12-23(21)24/h5-12,19,24H,3-4,13-18H2,1-2H3,(H,29,34)(H,32,33). The minimum Gasteiger partial charge on any atom is -0.481 e. The summed E-state index contributed by atoms with van der Waals surface area (Å²) in [6.07, 6.45) is 1.94. The molecule has 35 heavy (non-hydrogen) atoms. The molecule has 1 aliphatic carbocycles. The van der Waals surface area contributed by atoms with Crippen molar-refractivity contribution < 1.29 is 24.2 Å². The lowest BCUT2D eigenvalue weighted by atomic mass is 9.83. The lowest BCUT2D eigenvalue weighted by molar-refractivity contribution is -0.149. The van der Waals surface area contributed by atoms with Gasteiger partial charge in [0.2, 0.25) is 5.91 Å². The van der Waals surface area contributed by atoms with Gasteiger partial charge in [0.05, 0.1) is 5.41 Å². The zero-order chi connectivity index (χ0) is 25.0. The van der Waals surface area contributed by atoms with E-state index in [4.69, 9.17) is 4.74 Å². The summed E-state index contributed by atoms with van der Waals surface area (Å²) in [7, 11) is 0. The molecule has 4 rings (SSSR count). The number of nitrogens with zero attached hydrogens (tertiary/aromatic N) is 1. The van der Waals surface area contributed by atoms with Crippen molar-refractivity contribution in [1.82, 2.24) is 10.2 Å². The molecule has 7 nitrogen and oxygen atoms in total. The Morgan fingerprint density at radius 2 is 1.71 bits per heavy atom. The Balaban J connectivity index is 1.33. The van der Waals surface area contributed by atoms with Crippen molar-refractivity contribution in [3.05, 3.63) is 59.7 Å². The monoisotopic (exact) mass is 478 g/mol. The van der Waals surface area contributed by atoms with Gasteiger partial charge in [-0.1, -0.05) is 68.8 Å². The predicted octanol–water partition coefficient (Wildman–Crippen LogP) is 4.80. The number of hydrogen-bond donors (Lipinski definition) is 2. The summed E-state index contributed by atoms with van der Waals surface area (Å²) in [5.74, 6) is -0.990. The van der Waals surface area contributed by atoms with Crippen LogP contribution in [0.1, 0.15) is 63.0 Å². The Kier molecular flexibility index (Phi) is 7.43. The Bertz CT molecular complexity index is 1050. The number of amides is 2. The summed E-state index contributed by atoms with van der Waals surface area (Å²) < 4.78 is 5.62. The van der Waals surface area contributed by atoms with Crippen LogP contribution in [-0.4, -0.2) is 53.7 Å². The molecule has 0 radical (unpaired) electrons. The second-order valence-corrected chi connectivity index (χ2v) is 9.68. The fourth-order valence-corrected chi connectivity index (χ4v) is 5.49. The number of carbonyl (C=O) groups excluding carboxylic acids is 2. The second kappa shape index (κ2) is 10.5. The maximum atomic E-state index is 12.9. The molecule has 2 unspecified atom stereocenters. The number of carboxylic acids is 1. The van der Waals surface area contributed by atoms with Crippen LogP contribution in [0.2, 0.25) is 0 Å². The average Bonchev–Trinajstić information content (AvgIpc) is 3.43. The van der Waals surface area contributed by atoms with Crippen LogP contribution in [0.25, 0.3) is 11.1 Å². The number of nitrogens with one attached hydrogen (secondary N) is 1. The van der Waals surface area contributed by atoms with Gasteiger partial charge in [0.25, 0.3) is 0 Å². The molecular formula is C28H34N2O5. The second-order valence-electron chi connectivity index (χ2n) is 9.68. The molecule has 2 aromatic rings. The molecule has 0 aromatic heterocycles. The molecule has 2 amide bonds. The first-order chi connectivity index (χ1) is 16.9. The van der Waals surface area contributed by atoms with Gasteiger partial charge in [-0.25, -0.2) is 4.79 Å². The van der Waals surface area contributed by atoms with Crippen molar-refractivity contribution in [2.75, 3.05) is 19.7 Å². The molecular weight excluding hydrogens is 444 g/mol. The molecule has 1 aliphatic heterocycles. The quantitative estimate of drug-likeness (QED) is 0.540. The average molecular weight is 479 g/mol. The van der Waals surface area contributed by atoms with E-state index < -0.39 is 17.5 Å². The minimum absolute atomic E-state index is 0.0258. The Hall–Kier alpha value is -3.35. The molecule has 186 valence electrons. The maximum Gasteiger partial charge on any atom is 0.407 e. The Labute approximate surface area is 206 Å². The number of ether oxygens (including phenoxy) is 1. The topological polar surface area (TPSA) is 95.9 Å². The minimum atomic E-state index is -0.855. The van der Waals surface area contributed by atoms with E-state index in [1.807, 2.05) is 38.1 Å². The molecule has 2 aromatic carbocycles. The largest absolute Gasteiger partial charge is 0.481 e. The number of carboxylic acid groups (broad SMARTS) is 1. The lowest BCUT2D eigenvalue weighted by Crippen LogP contribution is -2.42. The summed E-state index contributed by atoms with van der Waals surface area (Å²) in [5.41, 5.74) is 3.77. The summed E-state index contributed by atoms with van der Waals surface area (Å²) in [6, 6.07) is 16.0. The van der Waals surface area contributed by atoms with E-state index in [0.717, 1.165) is 17.5 Å². The van der Waals surface area contributed by atoms with Crippen LogP contribution in [-0.2, 0) is 14.3 Å². The van der Waals surface area contributed by atoms with Crippen molar-refractivity contribution >= 4 is 18.0 Å². The van der Waals surface area contributed by atoms with Crippen LogP contribution in [0.15, 0.2) is 48.5 Å². The third-order valence-corrected chi connectivity index (χ3v) is 7.47. The summed E-state index contributed by atoms with van der Waals surface area (Å²) >= 11 is 0. The number of hydrogen-bond acceptors (Lipinski definition) is 4. The smallest absolute Gasteiger partial charge is 0.407 e. The van der Waals surface area contributed by atoms with Gasteiger partial charge in [-0.15, -0.1) is 0 Å². The van der Waals surface area contributed by atoms with Gasteiger partial charge in [-0.05, 0) is 41.5 Å². The van der Waals surface area contributed by atoms with Gasteiger partial charge in [0.1, 0.15) is 6.61 Å². The van der Waals surface area contributed by atoms with E-state index in [2.05, 4.69) is 29.6 Å². The molecule has 0 spiro atoms. The van der Waals surface area contributed by atoms with E-state index in [-0.39, 0.29) is 37.4 Å². The Morgan fingerprint density at radius 1 is 1.09 bits per heavy atom. The highest BCUT2D eigenvalue weighted by molar-refractivity contribution is 5.82. The van der Waals surface area contributed by atoms with E-state index in [1.54, 1.807) is 4.90 Å². The van der Waals surface area contributed by atoms with Gasteiger partial charge < -0.3 is 20.1 Å². The van der Waals surface area contributed by atoms with Crippen LogP contribution in [0.5, 0.6) is 0 Å². The molecule has 0 saturated carbocycles. The highest BCUT2D eigenvalue weighted by atomic mass is 16.5. The van der Waals surface area contributed by atoms with E-state index in [1.165, 1.54) is 11.1 Å². The van der Waals surface area contributed by atoms with Gasteiger partial charge in [-0.2, -0.15) is 0 Å². The number of benzene rings is 2. The first-order valence-corrected chi connectivity index (χ1v) is 12.5. The molecule has 1 fully saturated rings. The fraction of sp³-hybridized carbons (Fsp3) is 0.464. The molecule has 1 heterocycles. The summed E-state index contributed by atoms with van der Waals surface area (Å²) in [6.45, 7) is 4.75. The highest BCUT2D eigenvalue weighted by Gasteiger charge is 2.45. The lowest BCUT2D eigenvalue weighted by Gasteiger charge is -2.25. The van der Waals surface area contributed by atoms with Crippen molar-refractivity contribution in [2.45, 2.75) is 57.9 Å². The molecule has 7 heteroatoms. The van der Waals surface area contributed by atoms with Gasteiger partial charge in [-0.3, -0.25) is 9.59 Å². The van der Waals surface area contributed by atoms with Crippen LogP contribution in [0.4, 0.5) is 4.79 Å². The number of likely N-dealkylation sites (tertiary alicyclic amines) is 1. The van der Waals surface area contributed by atoms with Gasteiger partial charge >= 0.3 is 12.1 Å². The zero-order valence-electron chi connectivity index (χ0n) is 20.5. The highest BCUT2D eigenvalue weighted by Crippen LogP contribution is 2.44. The SMILES string of the molecule is CCCC1(C(=O)O)CCN(C(=O)CC(CC)NC(=O)OCC2c3ccccc3-c3ccccc32)C1. The molecule has 2 N–H and O–H groups in total. The number of aliphatic carboxylic acids is 1. The number of alkyl carbamates (subject to hydrolysis) is 1. The fourth-order valence-electron chi connectivity index (χ4n) is 5.49. The van der Waals surface area contributed by atoms with Crippen molar-refractivity contribution in [3.8, 4) is 11.1 Å². The van der Waals surface area contributed by atoms with Crippen LogP contribution in [0.3, 0.4) is 0 Å². The van der Waals surface area contributed by atoms with E-state index >= 15 is 0 Å².